The molecule has 1 heterocycles. The first-order chi connectivity index (χ1) is 13.9. The van der Waals surface area contributed by atoms with Crippen LogP contribution in [0.4, 0.5) is 10.1 Å². The first-order valence-electron chi connectivity index (χ1n) is 9.39. The second-order valence-corrected chi connectivity index (χ2v) is 7.54. The minimum Gasteiger partial charge on any atom is -0.591 e. The molecule has 0 radical (unpaired) electrons. The van der Waals surface area contributed by atoms with Gasteiger partial charge in [-0.05, 0) is 56.1 Å². The fourth-order valence-corrected chi connectivity index (χ4v) is 3.05. The molecule has 3 rings (SSSR count). The smallest absolute Gasteiger partial charge is 0.348 e. The summed E-state index contributed by atoms with van der Waals surface area (Å²) >= 11 is 0. The number of benzene rings is 2. The van der Waals surface area contributed by atoms with Gasteiger partial charge in [-0.15, -0.1) is 0 Å². The molecule has 0 aromatic heterocycles. The lowest BCUT2D eigenvalue weighted by atomic mass is 10.1. The fourth-order valence-electron chi connectivity index (χ4n) is 2.59. The zero-order valence-electron chi connectivity index (χ0n) is 16.7. The lowest BCUT2D eigenvalue weighted by molar-refractivity contribution is -0.160. The van der Waals surface area contributed by atoms with E-state index in [1.54, 1.807) is 25.1 Å². The molecule has 2 unspecified atom stereocenters. The standard InChI is InChI=1S/C8H10FN.C7H5O3P.C6H13NO/c1-6-5-7(10-2)3-4-8(6)9;8-5-6-2-1-3-7(4-6)11(9)10;8-5-6-3-1-2-4-7-6/h3-5,10H,1-2H3;1-5H;6-8H,1-5H2. The van der Waals surface area contributed by atoms with E-state index in [4.69, 9.17) is 5.11 Å². The van der Waals surface area contributed by atoms with E-state index in [0.29, 0.717) is 30.1 Å². The minimum absolute atomic E-state index is 0.154. The summed E-state index contributed by atoms with van der Waals surface area (Å²) in [4.78, 5) is 20.6. The quantitative estimate of drug-likeness (QED) is 0.517. The Morgan fingerprint density at radius 1 is 1.31 bits per heavy atom. The van der Waals surface area contributed by atoms with Gasteiger partial charge < -0.3 is 20.6 Å². The number of piperidine rings is 1. The van der Waals surface area contributed by atoms with Gasteiger partial charge in [-0.1, -0.05) is 23.1 Å². The van der Waals surface area contributed by atoms with Gasteiger partial charge in [-0.3, -0.25) is 4.79 Å². The van der Waals surface area contributed by atoms with Crippen LogP contribution >= 0.6 is 8.03 Å². The molecule has 2 aromatic rings. The Hall–Kier alpha value is -2.18. The summed E-state index contributed by atoms with van der Waals surface area (Å²) in [6, 6.07) is 11.2. The molecule has 8 heteroatoms. The summed E-state index contributed by atoms with van der Waals surface area (Å²) in [5.74, 6) is -0.154. The second kappa shape index (κ2) is 13.9. The van der Waals surface area contributed by atoms with Crippen LogP contribution in [0.1, 0.15) is 35.2 Å². The maximum atomic E-state index is 12.6. The molecule has 3 N–H and O–H groups in total. The number of halogens is 1. The highest BCUT2D eigenvalue weighted by molar-refractivity contribution is 7.45. The average Bonchev–Trinajstić information content (AvgIpc) is 2.77. The van der Waals surface area contributed by atoms with Crippen LogP contribution in [0.5, 0.6) is 0 Å². The number of nitrogens with one attached hydrogen (secondary N) is 2. The van der Waals surface area contributed by atoms with Gasteiger partial charge in [0.2, 0.25) is 0 Å². The first kappa shape index (κ1) is 24.9. The summed E-state index contributed by atoms with van der Waals surface area (Å²) in [5, 5.41) is 14.9. The summed E-state index contributed by atoms with van der Waals surface area (Å²) in [6.45, 7) is 3.14. The molecular weight excluding hydrogens is 394 g/mol. The highest BCUT2D eigenvalue weighted by Gasteiger charge is 2.09. The van der Waals surface area contributed by atoms with Crippen LogP contribution < -0.4 is 20.8 Å². The largest absolute Gasteiger partial charge is 0.591 e. The van der Waals surface area contributed by atoms with Gasteiger partial charge >= 0.3 is 8.03 Å². The van der Waals surface area contributed by atoms with Crippen LogP contribution in [0.2, 0.25) is 0 Å². The number of aliphatic hydroxyl groups excluding tert-OH is 1. The molecular formula is C21H28FN2O4P. The highest BCUT2D eigenvalue weighted by atomic mass is 31.1. The van der Waals surface area contributed by atoms with E-state index >= 15 is 0 Å². The van der Waals surface area contributed by atoms with Crippen molar-refractivity contribution in [3.8, 4) is 0 Å². The summed E-state index contributed by atoms with van der Waals surface area (Å²) in [6.07, 6.45) is 4.31. The van der Waals surface area contributed by atoms with Crippen molar-refractivity contribution in [1.29, 1.82) is 0 Å². The number of hydrogen-bond acceptors (Lipinski definition) is 6. The molecule has 0 amide bonds. The Labute approximate surface area is 172 Å². The third kappa shape index (κ3) is 9.72. The minimum atomic E-state index is -2.58. The Bertz CT molecular complexity index is 783. The molecule has 1 aliphatic heterocycles. The van der Waals surface area contributed by atoms with Crippen molar-refractivity contribution in [1.82, 2.24) is 5.32 Å². The predicted molar refractivity (Wildman–Crippen MR) is 112 cm³/mol. The number of carbonyl (C=O) groups is 1. The van der Waals surface area contributed by atoms with Crippen molar-refractivity contribution < 1.29 is 23.7 Å². The Morgan fingerprint density at radius 3 is 2.55 bits per heavy atom. The zero-order valence-corrected chi connectivity index (χ0v) is 17.6. The number of rotatable bonds is 4. The van der Waals surface area contributed by atoms with Crippen molar-refractivity contribution in [3.05, 3.63) is 59.4 Å². The van der Waals surface area contributed by atoms with Crippen molar-refractivity contribution in [2.75, 3.05) is 25.5 Å². The Morgan fingerprint density at radius 2 is 2.07 bits per heavy atom. The molecule has 6 nitrogen and oxygen atoms in total. The van der Waals surface area contributed by atoms with Gasteiger partial charge in [-0.25, -0.2) is 4.39 Å². The van der Waals surface area contributed by atoms with Gasteiger partial charge in [0, 0.05) is 30.4 Å². The first-order valence-corrected chi connectivity index (χ1v) is 10.6. The molecule has 2 atom stereocenters. The second-order valence-electron chi connectivity index (χ2n) is 6.51. The number of aryl methyl sites for hydroxylation is 1. The van der Waals surface area contributed by atoms with Crippen LogP contribution in [0.15, 0.2) is 42.5 Å². The van der Waals surface area contributed by atoms with Crippen LogP contribution in [-0.4, -0.2) is 37.6 Å². The van der Waals surface area contributed by atoms with E-state index < -0.39 is 8.03 Å². The van der Waals surface area contributed by atoms with E-state index in [-0.39, 0.29) is 11.1 Å². The Balaban J connectivity index is 0.000000220. The lowest BCUT2D eigenvalue weighted by Crippen LogP contribution is -2.36. The lowest BCUT2D eigenvalue weighted by Gasteiger charge is -2.20. The number of hydrogen-bond donors (Lipinski definition) is 3. The van der Waals surface area contributed by atoms with Gasteiger partial charge in [0.25, 0.3) is 0 Å². The van der Waals surface area contributed by atoms with Crippen molar-refractivity contribution >= 4 is 25.3 Å². The number of aldehydes is 1. The number of aliphatic hydroxyl groups is 1. The molecule has 1 saturated heterocycles. The molecule has 0 aliphatic carbocycles. The SMILES string of the molecule is CNc1ccc(F)c(C)c1.O=Cc1cccc([P+](=O)[O-])c1.OCC1CCCCN1. The average molecular weight is 422 g/mol. The molecule has 0 saturated carbocycles. The maximum absolute atomic E-state index is 12.6. The molecule has 158 valence electrons. The van der Waals surface area contributed by atoms with Crippen LogP contribution in [0.3, 0.4) is 0 Å². The van der Waals surface area contributed by atoms with Gasteiger partial charge in [0.1, 0.15) is 12.1 Å². The number of anilines is 1. The normalized spacial score (nSPS) is 15.8. The molecule has 0 bridgehead atoms. The van der Waals surface area contributed by atoms with Crippen molar-refractivity contribution in [2.24, 2.45) is 0 Å². The molecule has 1 aliphatic rings. The monoisotopic (exact) mass is 422 g/mol. The third-order valence-corrected chi connectivity index (χ3v) is 5.00. The van der Waals surface area contributed by atoms with Gasteiger partial charge in [0.05, 0.1) is 6.61 Å². The van der Waals surface area contributed by atoms with E-state index in [9.17, 15) is 18.6 Å². The number of carbonyl (C=O) groups excluding carboxylic acids is 1. The van der Waals surface area contributed by atoms with Crippen LogP contribution in [0, 0.1) is 12.7 Å². The van der Waals surface area contributed by atoms with E-state index in [1.165, 1.54) is 37.1 Å². The highest BCUT2D eigenvalue weighted by Crippen LogP contribution is 2.12. The fraction of sp³-hybridized carbons (Fsp3) is 0.381. The molecule has 2 aromatic carbocycles. The molecule has 1 fully saturated rings. The van der Waals surface area contributed by atoms with E-state index in [0.717, 1.165) is 18.7 Å². The summed E-state index contributed by atoms with van der Waals surface area (Å²) < 4.78 is 23.0. The molecule has 0 spiro atoms. The molecule has 29 heavy (non-hydrogen) atoms. The summed E-state index contributed by atoms with van der Waals surface area (Å²) in [5.41, 5.74) is 1.99. The topological polar surface area (TPSA) is 101 Å². The summed E-state index contributed by atoms with van der Waals surface area (Å²) in [7, 11) is -0.764. The van der Waals surface area contributed by atoms with Crippen molar-refractivity contribution in [2.45, 2.75) is 32.2 Å². The van der Waals surface area contributed by atoms with E-state index in [2.05, 4.69) is 10.6 Å². The third-order valence-electron chi connectivity index (χ3n) is 4.30. The predicted octanol–water partition coefficient (Wildman–Crippen LogP) is 2.52. The zero-order chi connectivity index (χ0) is 21.6. The van der Waals surface area contributed by atoms with Crippen molar-refractivity contribution in [3.63, 3.8) is 0 Å². The van der Waals surface area contributed by atoms with Crippen LogP contribution in [-0.2, 0) is 4.57 Å². The van der Waals surface area contributed by atoms with Gasteiger partial charge in [-0.2, -0.15) is 0 Å². The van der Waals surface area contributed by atoms with Crippen LogP contribution in [0.25, 0.3) is 0 Å². The van der Waals surface area contributed by atoms with Gasteiger partial charge in [0.15, 0.2) is 5.30 Å². The van der Waals surface area contributed by atoms with E-state index in [1.807, 2.05) is 7.05 Å². The maximum Gasteiger partial charge on any atom is 0.348 e. The Kier molecular flexibility index (Phi) is 11.9.